The molecule has 0 heterocycles. The van der Waals surface area contributed by atoms with E-state index in [1.54, 1.807) is 0 Å². The predicted octanol–water partition coefficient (Wildman–Crippen LogP) is 5.09. The number of hydrogen-bond acceptors (Lipinski definition) is 1. The van der Waals surface area contributed by atoms with Crippen LogP contribution >= 0.6 is 11.6 Å². The molecular formula is C17H26ClN. The maximum absolute atomic E-state index is 6.06. The molecule has 0 aromatic heterocycles. The first-order valence-electron chi connectivity index (χ1n) is 7.63. The molecule has 1 nitrogen and oxygen atoms in total. The van der Waals surface area contributed by atoms with Gasteiger partial charge in [-0.05, 0) is 49.5 Å². The number of hydrogen-bond donors (Lipinski definition) is 0. The molecular weight excluding hydrogens is 254 g/mol. The SMILES string of the molecule is CCN(CC)C1(c2ccc(Cl)cc2)CCCC(C)C1. The molecule has 2 heteroatoms. The van der Waals surface area contributed by atoms with Crippen molar-refractivity contribution in [3.8, 4) is 0 Å². The van der Waals surface area contributed by atoms with E-state index in [1.165, 1.54) is 31.2 Å². The quantitative estimate of drug-likeness (QED) is 0.742. The molecule has 1 aliphatic carbocycles. The van der Waals surface area contributed by atoms with E-state index >= 15 is 0 Å². The summed E-state index contributed by atoms with van der Waals surface area (Å²) in [5.41, 5.74) is 1.68. The van der Waals surface area contributed by atoms with Crippen LogP contribution in [0.3, 0.4) is 0 Å². The predicted molar refractivity (Wildman–Crippen MR) is 83.7 cm³/mol. The van der Waals surface area contributed by atoms with Gasteiger partial charge in [-0.3, -0.25) is 4.90 Å². The fraction of sp³-hybridized carbons (Fsp3) is 0.647. The van der Waals surface area contributed by atoms with Crippen LogP contribution in [-0.4, -0.2) is 18.0 Å². The van der Waals surface area contributed by atoms with Crippen molar-refractivity contribution >= 4 is 11.6 Å². The van der Waals surface area contributed by atoms with Gasteiger partial charge >= 0.3 is 0 Å². The third-order valence-electron chi connectivity index (χ3n) is 4.72. The van der Waals surface area contributed by atoms with E-state index in [0.29, 0.717) is 0 Å². The van der Waals surface area contributed by atoms with Crippen molar-refractivity contribution < 1.29 is 0 Å². The second kappa shape index (κ2) is 6.28. The molecule has 1 aromatic carbocycles. The van der Waals surface area contributed by atoms with Crippen molar-refractivity contribution in [1.82, 2.24) is 4.90 Å². The average Bonchev–Trinajstić information content (AvgIpc) is 2.40. The topological polar surface area (TPSA) is 3.24 Å². The molecule has 0 spiro atoms. The van der Waals surface area contributed by atoms with Crippen LogP contribution in [0.2, 0.25) is 5.02 Å². The summed E-state index contributed by atoms with van der Waals surface area (Å²) in [6.07, 6.45) is 5.26. The van der Waals surface area contributed by atoms with Crippen molar-refractivity contribution in [2.45, 2.75) is 52.0 Å². The molecule has 2 unspecified atom stereocenters. The van der Waals surface area contributed by atoms with Gasteiger partial charge in [0.25, 0.3) is 0 Å². The molecule has 1 fully saturated rings. The van der Waals surface area contributed by atoms with Crippen molar-refractivity contribution in [2.75, 3.05) is 13.1 Å². The Morgan fingerprint density at radius 3 is 2.37 bits per heavy atom. The van der Waals surface area contributed by atoms with E-state index in [4.69, 9.17) is 11.6 Å². The average molecular weight is 280 g/mol. The van der Waals surface area contributed by atoms with Gasteiger partial charge in [0.05, 0.1) is 0 Å². The monoisotopic (exact) mass is 279 g/mol. The Kier molecular flexibility index (Phi) is 4.92. The third kappa shape index (κ3) is 2.98. The van der Waals surface area contributed by atoms with Crippen LogP contribution in [0.25, 0.3) is 0 Å². The number of benzene rings is 1. The van der Waals surface area contributed by atoms with Gasteiger partial charge in [0.1, 0.15) is 0 Å². The van der Waals surface area contributed by atoms with Crippen LogP contribution in [0.1, 0.15) is 52.0 Å². The van der Waals surface area contributed by atoms with Crippen molar-refractivity contribution in [3.05, 3.63) is 34.9 Å². The molecule has 0 amide bonds. The minimum atomic E-state index is 0.228. The summed E-state index contributed by atoms with van der Waals surface area (Å²) >= 11 is 6.06. The Morgan fingerprint density at radius 1 is 1.21 bits per heavy atom. The van der Waals surface area contributed by atoms with Crippen LogP contribution in [-0.2, 0) is 5.54 Å². The minimum Gasteiger partial charge on any atom is -0.294 e. The molecule has 2 atom stereocenters. The zero-order valence-corrected chi connectivity index (χ0v) is 13.2. The Hall–Kier alpha value is -0.530. The van der Waals surface area contributed by atoms with Gasteiger partial charge < -0.3 is 0 Å². The standard InChI is InChI=1S/C17H26ClN/c1-4-19(5-2)17(12-6-7-14(3)13-17)15-8-10-16(18)11-9-15/h8-11,14H,4-7,12-13H2,1-3H3. The summed E-state index contributed by atoms with van der Waals surface area (Å²) in [5.74, 6) is 0.810. The Bertz CT molecular complexity index is 396. The lowest BCUT2D eigenvalue weighted by Crippen LogP contribution is -2.48. The lowest BCUT2D eigenvalue weighted by Gasteiger charge is -2.48. The maximum atomic E-state index is 6.06. The molecule has 1 aliphatic rings. The van der Waals surface area contributed by atoms with E-state index in [0.717, 1.165) is 24.0 Å². The lowest BCUT2D eigenvalue weighted by molar-refractivity contribution is 0.0373. The molecule has 19 heavy (non-hydrogen) atoms. The Balaban J connectivity index is 2.40. The fourth-order valence-corrected chi connectivity index (χ4v) is 3.97. The number of rotatable bonds is 4. The van der Waals surface area contributed by atoms with Crippen LogP contribution in [0, 0.1) is 5.92 Å². The molecule has 0 saturated heterocycles. The van der Waals surface area contributed by atoms with Gasteiger partial charge in [0.2, 0.25) is 0 Å². The van der Waals surface area contributed by atoms with Crippen LogP contribution in [0.4, 0.5) is 0 Å². The zero-order chi connectivity index (χ0) is 13.9. The smallest absolute Gasteiger partial charge is 0.0462 e. The largest absolute Gasteiger partial charge is 0.294 e. The van der Waals surface area contributed by atoms with Crippen LogP contribution in [0.5, 0.6) is 0 Å². The van der Waals surface area contributed by atoms with Gasteiger partial charge in [0, 0.05) is 10.6 Å². The van der Waals surface area contributed by atoms with Gasteiger partial charge in [0.15, 0.2) is 0 Å². The van der Waals surface area contributed by atoms with E-state index in [9.17, 15) is 0 Å². The summed E-state index contributed by atoms with van der Waals surface area (Å²) in [6.45, 7) is 9.19. The molecule has 1 saturated carbocycles. The Labute approximate surface area is 123 Å². The minimum absolute atomic E-state index is 0.228. The summed E-state index contributed by atoms with van der Waals surface area (Å²) in [7, 11) is 0. The van der Waals surface area contributed by atoms with E-state index in [1.807, 2.05) is 12.1 Å². The van der Waals surface area contributed by atoms with Gasteiger partial charge in [-0.1, -0.05) is 57.3 Å². The molecule has 0 bridgehead atoms. The molecule has 106 valence electrons. The van der Waals surface area contributed by atoms with E-state index < -0.39 is 0 Å². The maximum Gasteiger partial charge on any atom is 0.0462 e. The highest BCUT2D eigenvalue weighted by Crippen LogP contribution is 2.44. The summed E-state index contributed by atoms with van der Waals surface area (Å²) in [4.78, 5) is 2.64. The normalized spacial score (nSPS) is 27.7. The van der Waals surface area contributed by atoms with Crippen molar-refractivity contribution in [1.29, 1.82) is 0 Å². The van der Waals surface area contributed by atoms with Crippen LogP contribution < -0.4 is 0 Å². The fourth-order valence-electron chi connectivity index (χ4n) is 3.84. The zero-order valence-electron chi connectivity index (χ0n) is 12.5. The van der Waals surface area contributed by atoms with Crippen molar-refractivity contribution in [3.63, 3.8) is 0 Å². The number of halogens is 1. The third-order valence-corrected chi connectivity index (χ3v) is 4.98. The first kappa shape index (κ1) is 14.9. The van der Waals surface area contributed by atoms with Gasteiger partial charge in [-0.15, -0.1) is 0 Å². The van der Waals surface area contributed by atoms with E-state index in [-0.39, 0.29) is 5.54 Å². The Morgan fingerprint density at radius 2 is 1.84 bits per heavy atom. The highest BCUT2D eigenvalue weighted by atomic mass is 35.5. The highest BCUT2D eigenvalue weighted by molar-refractivity contribution is 6.30. The summed E-state index contributed by atoms with van der Waals surface area (Å²) in [6, 6.07) is 8.56. The highest BCUT2D eigenvalue weighted by Gasteiger charge is 2.40. The molecule has 0 radical (unpaired) electrons. The summed E-state index contributed by atoms with van der Waals surface area (Å²) < 4.78 is 0. The molecule has 0 aliphatic heterocycles. The first-order chi connectivity index (χ1) is 9.12. The lowest BCUT2D eigenvalue weighted by atomic mass is 9.71. The second-order valence-electron chi connectivity index (χ2n) is 5.91. The van der Waals surface area contributed by atoms with Gasteiger partial charge in [-0.25, -0.2) is 0 Å². The van der Waals surface area contributed by atoms with Crippen molar-refractivity contribution in [2.24, 2.45) is 5.92 Å². The summed E-state index contributed by atoms with van der Waals surface area (Å²) in [5, 5.41) is 0.835. The van der Waals surface area contributed by atoms with Crippen LogP contribution in [0.15, 0.2) is 24.3 Å². The molecule has 1 aromatic rings. The number of nitrogens with zero attached hydrogens (tertiary/aromatic N) is 1. The van der Waals surface area contributed by atoms with E-state index in [2.05, 4.69) is 37.8 Å². The molecule has 2 rings (SSSR count). The second-order valence-corrected chi connectivity index (χ2v) is 6.35. The van der Waals surface area contributed by atoms with Gasteiger partial charge in [-0.2, -0.15) is 0 Å². The first-order valence-corrected chi connectivity index (χ1v) is 8.01. The molecule has 0 N–H and O–H groups in total.